The highest BCUT2D eigenvalue weighted by molar-refractivity contribution is 6.96. The van der Waals surface area contributed by atoms with Crippen LogP contribution in [0.1, 0.15) is 41.5 Å². The molecule has 0 N–H and O–H groups in total. The van der Waals surface area contributed by atoms with Crippen LogP contribution in [-0.2, 0) is 0 Å². The van der Waals surface area contributed by atoms with Crippen molar-refractivity contribution >= 4 is 31.3 Å². The van der Waals surface area contributed by atoms with Gasteiger partial charge in [0.05, 0.1) is 4.46 Å². The van der Waals surface area contributed by atoms with Crippen LogP contribution >= 0.6 is 23.2 Å². The van der Waals surface area contributed by atoms with E-state index < -0.39 is 8.07 Å². The summed E-state index contributed by atoms with van der Waals surface area (Å²) in [6.07, 6.45) is 0. The van der Waals surface area contributed by atoms with E-state index in [1.807, 2.05) is 0 Å². The summed E-state index contributed by atoms with van der Waals surface area (Å²) in [4.78, 5) is 0. The first-order valence-electron chi connectivity index (χ1n) is 5.06. The molecular weight excluding hydrogens is 219 g/mol. The lowest BCUT2D eigenvalue weighted by atomic mass is 10.5. The van der Waals surface area contributed by atoms with Gasteiger partial charge in [0.25, 0.3) is 0 Å². The average Bonchev–Trinajstić information content (AvgIpc) is 1.82. The quantitative estimate of drug-likeness (QED) is 0.479. The molecule has 0 aliphatic rings. The predicted octanol–water partition coefficient (Wildman–Crippen LogP) is 5.01. The summed E-state index contributed by atoms with van der Waals surface area (Å²) in [5, 5.41) is 0. The van der Waals surface area contributed by atoms with Gasteiger partial charge in [0.2, 0.25) is 0 Å². The number of hydrogen-bond donors (Lipinski definition) is 0. The molecule has 0 spiro atoms. The fourth-order valence-corrected chi connectivity index (χ4v) is 12.8. The Morgan fingerprint density at radius 1 is 0.692 bits per heavy atom. The summed E-state index contributed by atoms with van der Waals surface area (Å²) in [5.74, 6) is 0. The standard InChI is InChI=1S/C10H22Cl2Si/c1-7(2)13(8(3)4,9(5)6)10(11)12/h7-10H,1-6H3. The van der Waals surface area contributed by atoms with Crippen molar-refractivity contribution in [3.05, 3.63) is 0 Å². The largest absolute Gasteiger partial charge is 0.109 e. The van der Waals surface area contributed by atoms with Crippen molar-refractivity contribution in [1.82, 2.24) is 0 Å². The number of alkyl halides is 2. The maximum Gasteiger partial charge on any atom is 0.100 e. The SMILES string of the molecule is CC(C)[Si](C(C)C)(C(C)C)C(Cl)Cl. The van der Waals surface area contributed by atoms with E-state index in [0.29, 0.717) is 16.6 Å². The fraction of sp³-hybridized carbons (Fsp3) is 1.00. The zero-order valence-corrected chi connectivity index (χ0v) is 12.1. The molecule has 0 rings (SSSR count). The Bertz CT molecular complexity index is 115. The third-order valence-corrected chi connectivity index (χ3v) is 12.4. The zero-order valence-electron chi connectivity index (χ0n) is 9.57. The molecule has 0 aromatic rings. The highest BCUT2D eigenvalue weighted by Gasteiger charge is 2.47. The minimum absolute atomic E-state index is 0.146. The molecule has 0 amide bonds. The van der Waals surface area contributed by atoms with E-state index in [0.717, 1.165) is 0 Å². The molecule has 0 aromatic carbocycles. The summed E-state index contributed by atoms with van der Waals surface area (Å²) in [6.45, 7) is 13.6. The molecule has 3 heteroatoms. The van der Waals surface area contributed by atoms with Crippen molar-refractivity contribution in [1.29, 1.82) is 0 Å². The lowest BCUT2D eigenvalue weighted by molar-refractivity contribution is 0.812. The van der Waals surface area contributed by atoms with E-state index in [9.17, 15) is 0 Å². The van der Waals surface area contributed by atoms with Crippen LogP contribution in [0.3, 0.4) is 0 Å². The highest BCUT2D eigenvalue weighted by atomic mass is 35.5. The summed E-state index contributed by atoms with van der Waals surface area (Å²) in [5.41, 5.74) is 1.94. The molecule has 0 nitrogen and oxygen atoms in total. The Labute approximate surface area is 94.0 Å². The second-order valence-corrected chi connectivity index (χ2v) is 12.6. The average molecular weight is 241 g/mol. The van der Waals surface area contributed by atoms with E-state index >= 15 is 0 Å². The van der Waals surface area contributed by atoms with E-state index in [4.69, 9.17) is 23.2 Å². The first-order valence-corrected chi connectivity index (χ1v) is 8.24. The summed E-state index contributed by atoms with van der Waals surface area (Å²) < 4.78 is -0.146. The van der Waals surface area contributed by atoms with Gasteiger partial charge in [-0.1, -0.05) is 41.5 Å². The Morgan fingerprint density at radius 2 is 0.923 bits per heavy atom. The fourth-order valence-electron chi connectivity index (χ4n) is 2.76. The van der Waals surface area contributed by atoms with Crippen LogP contribution in [0, 0.1) is 0 Å². The van der Waals surface area contributed by atoms with Gasteiger partial charge in [0.1, 0.15) is 8.07 Å². The molecule has 13 heavy (non-hydrogen) atoms. The normalized spacial score (nSPS) is 13.8. The molecule has 0 saturated carbocycles. The Kier molecular flexibility index (Phi) is 5.35. The van der Waals surface area contributed by atoms with Gasteiger partial charge < -0.3 is 0 Å². The molecule has 0 aromatic heterocycles. The van der Waals surface area contributed by atoms with Crippen LogP contribution in [0.25, 0.3) is 0 Å². The molecule has 0 unspecified atom stereocenters. The maximum atomic E-state index is 6.21. The van der Waals surface area contributed by atoms with Crippen molar-refractivity contribution in [3.63, 3.8) is 0 Å². The molecule has 0 radical (unpaired) electrons. The molecule has 0 fully saturated rings. The lowest BCUT2D eigenvalue weighted by Gasteiger charge is -2.44. The Balaban J connectivity index is 5.06. The molecule has 80 valence electrons. The van der Waals surface area contributed by atoms with Gasteiger partial charge in [0, 0.05) is 0 Å². The predicted molar refractivity (Wildman–Crippen MR) is 66.5 cm³/mol. The second-order valence-electron chi connectivity index (χ2n) is 4.76. The van der Waals surface area contributed by atoms with Gasteiger partial charge in [-0.25, -0.2) is 0 Å². The minimum atomic E-state index is -1.57. The first kappa shape index (κ1) is 13.8. The molecule has 0 atom stereocenters. The van der Waals surface area contributed by atoms with Gasteiger partial charge in [-0.2, -0.15) is 0 Å². The van der Waals surface area contributed by atoms with Crippen LogP contribution in [-0.4, -0.2) is 12.5 Å². The van der Waals surface area contributed by atoms with Crippen LogP contribution in [0.5, 0.6) is 0 Å². The van der Waals surface area contributed by atoms with Gasteiger partial charge >= 0.3 is 0 Å². The molecule has 0 heterocycles. The monoisotopic (exact) mass is 240 g/mol. The lowest BCUT2D eigenvalue weighted by Crippen LogP contribution is -2.50. The third-order valence-electron chi connectivity index (χ3n) is 3.38. The summed E-state index contributed by atoms with van der Waals surface area (Å²) in [7, 11) is -1.57. The van der Waals surface area contributed by atoms with Crippen LogP contribution in [0.2, 0.25) is 16.6 Å². The summed E-state index contributed by atoms with van der Waals surface area (Å²) >= 11 is 12.4. The summed E-state index contributed by atoms with van der Waals surface area (Å²) in [6, 6.07) is 0. The van der Waals surface area contributed by atoms with Crippen molar-refractivity contribution in [2.75, 3.05) is 0 Å². The first-order chi connectivity index (χ1) is 5.77. The molecule has 0 aliphatic heterocycles. The van der Waals surface area contributed by atoms with Crippen LogP contribution in [0.15, 0.2) is 0 Å². The number of halogens is 2. The molecule has 0 bridgehead atoms. The molecular formula is C10H22Cl2Si. The minimum Gasteiger partial charge on any atom is -0.109 e. The third kappa shape index (κ3) is 2.43. The van der Waals surface area contributed by atoms with Crippen molar-refractivity contribution in [2.45, 2.75) is 62.6 Å². The van der Waals surface area contributed by atoms with Gasteiger partial charge in [0.15, 0.2) is 0 Å². The van der Waals surface area contributed by atoms with Crippen molar-refractivity contribution in [2.24, 2.45) is 0 Å². The van der Waals surface area contributed by atoms with Crippen LogP contribution < -0.4 is 0 Å². The van der Waals surface area contributed by atoms with E-state index in [-0.39, 0.29) is 4.46 Å². The van der Waals surface area contributed by atoms with E-state index in [1.54, 1.807) is 0 Å². The smallest absolute Gasteiger partial charge is 0.100 e. The highest BCUT2D eigenvalue weighted by Crippen LogP contribution is 2.46. The van der Waals surface area contributed by atoms with Gasteiger partial charge in [-0.3, -0.25) is 0 Å². The van der Waals surface area contributed by atoms with E-state index in [1.165, 1.54) is 0 Å². The van der Waals surface area contributed by atoms with Gasteiger partial charge in [-0.15, -0.1) is 23.2 Å². The Hall–Kier alpha value is 0.797. The maximum absolute atomic E-state index is 6.21. The molecule has 0 saturated heterocycles. The number of hydrogen-bond acceptors (Lipinski definition) is 0. The second kappa shape index (κ2) is 5.04. The van der Waals surface area contributed by atoms with Crippen LogP contribution in [0.4, 0.5) is 0 Å². The van der Waals surface area contributed by atoms with E-state index in [2.05, 4.69) is 41.5 Å². The topological polar surface area (TPSA) is 0 Å². The molecule has 0 aliphatic carbocycles. The van der Waals surface area contributed by atoms with Crippen molar-refractivity contribution in [3.8, 4) is 0 Å². The number of rotatable bonds is 4. The van der Waals surface area contributed by atoms with Gasteiger partial charge in [-0.05, 0) is 16.6 Å². The Morgan fingerprint density at radius 3 is 0.923 bits per heavy atom. The van der Waals surface area contributed by atoms with Crippen molar-refractivity contribution < 1.29 is 0 Å². The zero-order chi connectivity index (χ0) is 10.8.